The molecule has 0 spiro atoms. The number of likely N-dealkylation sites (tertiary alicyclic amines) is 1. The maximum Gasteiger partial charge on any atom is 0.326 e. The second-order valence-electron chi connectivity index (χ2n) is 7.99. The Kier molecular flexibility index (Phi) is 12.8. The highest BCUT2D eigenvalue weighted by Gasteiger charge is 2.38. The number of nitrogens with zero attached hydrogens (tertiary/aromatic N) is 1. The Hall–Kier alpha value is -2.38. The van der Waals surface area contributed by atoms with Crippen LogP contribution in [0.2, 0.25) is 0 Å². The lowest BCUT2D eigenvalue weighted by Crippen LogP contribution is -2.57. The lowest BCUT2D eigenvalue weighted by molar-refractivity contribution is -0.143. The maximum atomic E-state index is 13.0. The lowest BCUT2D eigenvalue weighted by atomic mass is 10.1. The predicted octanol–water partition coefficient (Wildman–Crippen LogP) is -1.88. The van der Waals surface area contributed by atoms with Crippen LogP contribution >= 0.6 is 11.8 Å². The molecule has 9 N–H and O–H groups in total. The third-order valence-corrected chi connectivity index (χ3v) is 6.03. The third kappa shape index (κ3) is 9.56. The van der Waals surface area contributed by atoms with Crippen molar-refractivity contribution in [1.82, 2.24) is 15.5 Å². The molecule has 1 heterocycles. The Morgan fingerprint density at radius 3 is 2.39 bits per heavy atom. The number of rotatable bonds is 15. The van der Waals surface area contributed by atoms with Crippen molar-refractivity contribution in [2.75, 3.05) is 25.1 Å². The summed E-state index contributed by atoms with van der Waals surface area (Å²) in [5, 5.41) is 14.6. The number of carboxylic acid groups (broad SMARTS) is 1. The minimum atomic E-state index is -1.16. The first-order chi connectivity index (χ1) is 15.6. The normalized spacial score (nSPS) is 18.3. The third-order valence-electron chi connectivity index (χ3n) is 5.38. The van der Waals surface area contributed by atoms with Crippen molar-refractivity contribution in [3.8, 4) is 0 Å². The van der Waals surface area contributed by atoms with E-state index in [9.17, 15) is 29.1 Å². The van der Waals surface area contributed by atoms with Crippen LogP contribution in [0.1, 0.15) is 44.9 Å². The average Bonchev–Trinajstić information content (AvgIpc) is 3.24. The quantitative estimate of drug-likeness (QED) is 0.142. The fourth-order valence-electron chi connectivity index (χ4n) is 3.62. The molecule has 33 heavy (non-hydrogen) atoms. The van der Waals surface area contributed by atoms with Gasteiger partial charge < -0.3 is 37.8 Å². The van der Waals surface area contributed by atoms with Crippen LogP contribution in [0, 0.1) is 0 Å². The van der Waals surface area contributed by atoms with Gasteiger partial charge in [-0.1, -0.05) is 0 Å². The van der Waals surface area contributed by atoms with Crippen LogP contribution in [-0.4, -0.2) is 88.9 Å². The number of hydrogen-bond donors (Lipinski definition) is 6. The zero-order chi connectivity index (χ0) is 25.0. The molecule has 0 aromatic rings. The largest absolute Gasteiger partial charge is 0.480 e. The molecule has 0 bridgehead atoms. The summed E-state index contributed by atoms with van der Waals surface area (Å²) < 4.78 is 0. The fourth-order valence-corrected chi connectivity index (χ4v) is 4.09. The van der Waals surface area contributed by atoms with Crippen molar-refractivity contribution in [3.05, 3.63) is 0 Å². The standard InChI is InChI=1S/C20H36N6O6S/c1-33-10-7-13(17(28)25-14(20(31)32)5-2-3-8-21)24-18(29)15-6-4-9-26(15)19(30)12(22)11-16(23)27/h12-15H,2-11,21-22H2,1H3,(H2,23,27)(H,24,29)(H,25,28)(H,31,32). The van der Waals surface area contributed by atoms with E-state index in [0.29, 0.717) is 44.5 Å². The van der Waals surface area contributed by atoms with E-state index >= 15 is 0 Å². The molecular formula is C20H36N6O6S. The molecule has 1 fully saturated rings. The number of primary amides is 1. The van der Waals surface area contributed by atoms with Crippen molar-refractivity contribution in [2.24, 2.45) is 17.2 Å². The molecule has 1 saturated heterocycles. The SMILES string of the molecule is CSCCC(NC(=O)C1CCCN1C(=O)C(N)CC(N)=O)C(=O)NC(CCCCN)C(=O)O. The van der Waals surface area contributed by atoms with E-state index in [4.69, 9.17) is 17.2 Å². The highest BCUT2D eigenvalue weighted by Crippen LogP contribution is 2.19. The molecule has 1 aliphatic heterocycles. The highest BCUT2D eigenvalue weighted by atomic mass is 32.2. The van der Waals surface area contributed by atoms with Gasteiger partial charge in [0.15, 0.2) is 0 Å². The summed E-state index contributed by atoms with van der Waals surface area (Å²) in [6.45, 7) is 0.722. The number of carboxylic acids is 1. The van der Waals surface area contributed by atoms with E-state index in [1.54, 1.807) is 0 Å². The van der Waals surface area contributed by atoms with Gasteiger partial charge in [-0.15, -0.1) is 0 Å². The molecule has 188 valence electrons. The molecule has 12 nitrogen and oxygen atoms in total. The van der Waals surface area contributed by atoms with Crippen molar-refractivity contribution in [3.63, 3.8) is 0 Å². The van der Waals surface area contributed by atoms with Crippen LogP contribution in [0.4, 0.5) is 0 Å². The predicted molar refractivity (Wildman–Crippen MR) is 124 cm³/mol. The monoisotopic (exact) mass is 488 g/mol. The van der Waals surface area contributed by atoms with E-state index in [2.05, 4.69) is 10.6 Å². The first-order valence-corrected chi connectivity index (χ1v) is 12.4. The zero-order valence-corrected chi connectivity index (χ0v) is 19.8. The van der Waals surface area contributed by atoms with Crippen LogP contribution in [0.5, 0.6) is 0 Å². The fraction of sp³-hybridized carbons (Fsp3) is 0.750. The number of thioether (sulfide) groups is 1. The molecular weight excluding hydrogens is 452 g/mol. The van der Waals surface area contributed by atoms with E-state index in [1.165, 1.54) is 16.7 Å². The molecule has 0 radical (unpaired) electrons. The second kappa shape index (κ2) is 14.7. The Morgan fingerprint density at radius 2 is 1.82 bits per heavy atom. The molecule has 13 heteroatoms. The second-order valence-corrected chi connectivity index (χ2v) is 8.98. The van der Waals surface area contributed by atoms with Crippen LogP contribution < -0.4 is 27.8 Å². The Balaban J connectivity index is 2.86. The highest BCUT2D eigenvalue weighted by molar-refractivity contribution is 7.98. The summed E-state index contributed by atoms with van der Waals surface area (Å²) in [6.07, 6.45) is 4.16. The number of nitrogens with two attached hydrogens (primary N) is 3. The summed E-state index contributed by atoms with van der Waals surface area (Å²) in [7, 11) is 0. The smallest absolute Gasteiger partial charge is 0.326 e. The number of hydrogen-bond acceptors (Lipinski definition) is 8. The molecule has 0 aromatic carbocycles. The minimum Gasteiger partial charge on any atom is -0.480 e. The number of amides is 4. The van der Waals surface area contributed by atoms with Gasteiger partial charge in [0.2, 0.25) is 23.6 Å². The molecule has 4 atom stereocenters. The zero-order valence-electron chi connectivity index (χ0n) is 19.0. The summed E-state index contributed by atoms with van der Waals surface area (Å²) in [5.41, 5.74) is 16.3. The average molecular weight is 489 g/mol. The van der Waals surface area contributed by atoms with Crippen molar-refractivity contribution < 1.29 is 29.1 Å². The number of nitrogens with one attached hydrogen (secondary N) is 2. The van der Waals surface area contributed by atoms with Crippen LogP contribution in [0.3, 0.4) is 0 Å². The molecule has 1 rings (SSSR count). The van der Waals surface area contributed by atoms with Gasteiger partial charge in [-0.2, -0.15) is 11.8 Å². The summed E-state index contributed by atoms with van der Waals surface area (Å²) in [6, 6.07) is -4.02. The van der Waals surface area contributed by atoms with Crippen molar-refractivity contribution in [2.45, 2.75) is 69.1 Å². The van der Waals surface area contributed by atoms with Gasteiger partial charge in [-0.05, 0) is 57.1 Å². The van der Waals surface area contributed by atoms with E-state index in [-0.39, 0.29) is 19.3 Å². The summed E-state index contributed by atoms with van der Waals surface area (Å²) in [5.74, 6) is -3.00. The van der Waals surface area contributed by atoms with Gasteiger partial charge >= 0.3 is 5.97 Å². The van der Waals surface area contributed by atoms with Crippen molar-refractivity contribution >= 4 is 41.4 Å². The summed E-state index contributed by atoms with van der Waals surface area (Å²) in [4.78, 5) is 62.3. The number of aliphatic carboxylic acids is 1. The molecule has 4 unspecified atom stereocenters. The maximum absolute atomic E-state index is 13.0. The van der Waals surface area contributed by atoms with Gasteiger partial charge in [-0.25, -0.2) is 4.79 Å². The number of unbranched alkanes of at least 4 members (excludes halogenated alkanes) is 1. The van der Waals surface area contributed by atoms with E-state index in [1.807, 2.05) is 6.26 Å². The Labute approximate surface area is 197 Å². The topological polar surface area (TPSA) is 211 Å². The van der Waals surface area contributed by atoms with Crippen LogP contribution in [-0.2, 0) is 24.0 Å². The Morgan fingerprint density at radius 1 is 1.12 bits per heavy atom. The van der Waals surface area contributed by atoms with Crippen molar-refractivity contribution in [1.29, 1.82) is 0 Å². The first kappa shape index (κ1) is 28.7. The van der Waals surface area contributed by atoms with Crippen LogP contribution in [0.25, 0.3) is 0 Å². The first-order valence-electron chi connectivity index (χ1n) is 11.0. The summed E-state index contributed by atoms with van der Waals surface area (Å²) >= 11 is 1.48. The van der Waals surface area contributed by atoms with Gasteiger partial charge in [0.25, 0.3) is 0 Å². The van der Waals surface area contributed by atoms with E-state index < -0.39 is 53.8 Å². The van der Waals surface area contributed by atoms with Gasteiger partial charge in [0.05, 0.1) is 12.5 Å². The van der Waals surface area contributed by atoms with E-state index in [0.717, 1.165) is 0 Å². The molecule has 0 aliphatic carbocycles. The van der Waals surface area contributed by atoms with Crippen LogP contribution in [0.15, 0.2) is 0 Å². The van der Waals surface area contributed by atoms with Gasteiger partial charge in [-0.3, -0.25) is 19.2 Å². The minimum absolute atomic E-state index is 0.226. The Bertz CT molecular complexity index is 709. The number of carbonyl (C=O) groups is 5. The van der Waals surface area contributed by atoms with Gasteiger partial charge in [0, 0.05) is 6.54 Å². The van der Waals surface area contributed by atoms with Gasteiger partial charge in [0.1, 0.15) is 18.1 Å². The molecule has 1 aliphatic rings. The number of carbonyl (C=O) groups excluding carboxylic acids is 4. The molecule has 0 aromatic heterocycles. The molecule has 4 amide bonds. The molecule has 0 saturated carbocycles. The lowest BCUT2D eigenvalue weighted by Gasteiger charge is -2.28.